The third kappa shape index (κ3) is 3.46. The summed E-state index contributed by atoms with van der Waals surface area (Å²) in [6.45, 7) is -0.412. The number of nitro benzene ring substituents is 1. The van der Waals surface area contributed by atoms with Crippen molar-refractivity contribution in [1.82, 2.24) is 10.2 Å². The number of imide groups is 1. The summed E-state index contributed by atoms with van der Waals surface area (Å²) in [5.41, 5.74) is -0.915. The quantitative estimate of drug-likeness (QED) is 0.431. The van der Waals surface area contributed by atoms with Crippen LogP contribution in [0.3, 0.4) is 0 Å². The van der Waals surface area contributed by atoms with Crippen LogP contribution in [0.1, 0.15) is 10.4 Å². The summed E-state index contributed by atoms with van der Waals surface area (Å²) in [6, 6.07) is 2.87. The molecule has 11 heteroatoms. The first-order valence-corrected chi connectivity index (χ1v) is 8.30. The molecule has 1 aromatic carbocycles. The molecule has 1 aliphatic heterocycles. The molecular weight excluding hydrogens is 342 g/mol. The van der Waals surface area contributed by atoms with E-state index in [-0.39, 0.29) is 5.56 Å². The number of benzene rings is 1. The molecule has 0 unspecified atom stereocenters. The van der Waals surface area contributed by atoms with Crippen LogP contribution in [0.2, 0.25) is 0 Å². The van der Waals surface area contributed by atoms with Crippen molar-refractivity contribution in [3.8, 4) is 0 Å². The van der Waals surface area contributed by atoms with Crippen LogP contribution in [0.15, 0.2) is 35.2 Å². The van der Waals surface area contributed by atoms with E-state index in [2.05, 4.69) is 5.32 Å². The van der Waals surface area contributed by atoms with Crippen molar-refractivity contribution in [3.63, 3.8) is 0 Å². The molecule has 0 bridgehead atoms. The van der Waals surface area contributed by atoms with Crippen LogP contribution < -0.4 is 5.32 Å². The molecule has 0 aliphatic carbocycles. The number of rotatable bonds is 5. The van der Waals surface area contributed by atoms with Gasteiger partial charge in [0.25, 0.3) is 23.4 Å². The number of amides is 3. The lowest BCUT2D eigenvalue weighted by molar-refractivity contribution is -0.387. The van der Waals surface area contributed by atoms with Crippen LogP contribution in [0, 0.1) is 10.1 Å². The number of nitro groups is 1. The fourth-order valence-corrected chi connectivity index (χ4v) is 2.78. The fourth-order valence-electron chi connectivity index (χ4n) is 1.95. The first-order valence-electron chi connectivity index (χ1n) is 6.41. The summed E-state index contributed by atoms with van der Waals surface area (Å²) < 4.78 is 23.0. The second-order valence-electron chi connectivity index (χ2n) is 4.81. The lowest BCUT2D eigenvalue weighted by atomic mass is 10.2. The molecule has 0 radical (unpaired) electrons. The highest BCUT2D eigenvalue weighted by molar-refractivity contribution is 7.90. The Bertz CT molecular complexity index is 871. The molecule has 0 aromatic heterocycles. The van der Waals surface area contributed by atoms with E-state index in [1.54, 1.807) is 0 Å². The average Bonchev–Trinajstić information content (AvgIpc) is 2.82. The maximum atomic E-state index is 12.0. The molecule has 0 spiro atoms. The lowest BCUT2D eigenvalue weighted by Crippen LogP contribution is -2.41. The van der Waals surface area contributed by atoms with Crippen LogP contribution in [0.5, 0.6) is 0 Å². The van der Waals surface area contributed by atoms with Crippen molar-refractivity contribution in [3.05, 3.63) is 46.0 Å². The Kier molecular flexibility index (Phi) is 4.46. The maximum Gasteiger partial charge on any atom is 0.288 e. The SMILES string of the molecule is CS(=O)(=O)c1ccc(C(=O)NCN2C(=O)C=CC2=O)cc1[N+](=O)[O-]. The van der Waals surface area contributed by atoms with E-state index in [4.69, 9.17) is 0 Å². The van der Waals surface area contributed by atoms with E-state index in [1.807, 2.05) is 0 Å². The molecule has 24 heavy (non-hydrogen) atoms. The van der Waals surface area contributed by atoms with Gasteiger partial charge in [0.05, 0.1) is 4.92 Å². The number of hydrogen-bond donors (Lipinski definition) is 1. The summed E-state index contributed by atoms with van der Waals surface area (Å²) in [7, 11) is -3.84. The molecule has 1 aromatic rings. The number of sulfone groups is 1. The number of carbonyl (C=O) groups is 3. The van der Waals surface area contributed by atoms with Crippen LogP contribution >= 0.6 is 0 Å². The topological polar surface area (TPSA) is 144 Å². The van der Waals surface area contributed by atoms with Crippen molar-refractivity contribution in [2.45, 2.75) is 4.90 Å². The molecule has 126 valence electrons. The van der Waals surface area contributed by atoms with E-state index >= 15 is 0 Å². The Balaban J connectivity index is 2.21. The summed E-state index contributed by atoms with van der Waals surface area (Å²) in [5, 5.41) is 13.3. The summed E-state index contributed by atoms with van der Waals surface area (Å²) in [4.78, 5) is 45.0. The zero-order valence-corrected chi connectivity index (χ0v) is 13.1. The minimum Gasteiger partial charge on any atom is -0.334 e. The second-order valence-corrected chi connectivity index (χ2v) is 6.80. The van der Waals surface area contributed by atoms with Crippen LogP contribution in [0.4, 0.5) is 5.69 Å². The van der Waals surface area contributed by atoms with Gasteiger partial charge in [0, 0.05) is 30.0 Å². The van der Waals surface area contributed by atoms with E-state index in [0.717, 1.165) is 41.5 Å². The minimum absolute atomic E-state index is 0.179. The molecule has 0 saturated heterocycles. The van der Waals surface area contributed by atoms with Gasteiger partial charge in [0.2, 0.25) is 0 Å². The number of hydrogen-bond acceptors (Lipinski definition) is 7. The van der Waals surface area contributed by atoms with Crippen LogP contribution in [0.25, 0.3) is 0 Å². The Morgan fingerprint density at radius 1 is 1.25 bits per heavy atom. The van der Waals surface area contributed by atoms with E-state index in [1.165, 1.54) is 0 Å². The molecule has 3 amide bonds. The predicted molar refractivity (Wildman–Crippen MR) is 79.5 cm³/mol. The van der Waals surface area contributed by atoms with Gasteiger partial charge in [-0.15, -0.1) is 0 Å². The molecule has 2 rings (SSSR count). The van der Waals surface area contributed by atoms with Gasteiger partial charge in [0.15, 0.2) is 9.84 Å². The van der Waals surface area contributed by atoms with E-state index in [0.29, 0.717) is 0 Å². The van der Waals surface area contributed by atoms with Crippen molar-refractivity contribution in [2.75, 3.05) is 12.9 Å². The smallest absolute Gasteiger partial charge is 0.288 e. The molecule has 0 atom stereocenters. The van der Waals surface area contributed by atoms with Gasteiger partial charge >= 0.3 is 0 Å². The fraction of sp³-hybridized carbons (Fsp3) is 0.154. The zero-order valence-electron chi connectivity index (χ0n) is 12.3. The van der Waals surface area contributed by atoms with Gasteiger partial charge < -0.3 is 5.32 Å². The lowest BCUT2D eigenvalue weighted by Gasteiger charge is -2.14. The molecule has 10 nitrogen and oxygen atoms in total. The van der Waals surface area contributed by atoms with E-state index < -0.39 is 49.7 Å². The average molecular weight is 353 g/mol. The van der Waals surface area contributed by atoms with Crippen LogP contribution in [-0.2, 0) is 19.4 Å². The van der Waals surface area contributed by atoms with Crippen molar-refractivity contribution >= 4 is 33.2 Å². The number of carbonyl (C=O) groups excluding carboxylic acids is 3. The molecular formula is C13H11N3O7S. The summed E-state index contributed by atoms with van der Waals surface area (Å²) in [6.07, 6.45) is 2.90. The monoisotopic (exact) mass is 353 g/mol. The number of nitrogens with one attached hydrogen (secondary N) is 1. The molecule has 1 aliphatic rings. The Morgan fingerprint density at radius 3 is 2.33 bits per heavy atom. The first-order chi connectivity index (χ1) is 11.1. The van der Waals surface area contributed by atoms with Crippen molar-refractivity contribution in [1.29, 1.82) is 0 Å². The third-order valence-electron chi connectivity index (χ3n) is 3.12. The second kappa shape index (κ2) is 6.20. The van der Waals surface area contributed by atoms with Gasteiger partial charge in [-0.1, -0.05) is 0 Å². The number of nitrogens with zero attached hydrogens (tertiary/aromatic N) is 2. The maximum absolute atomic E-state index is 12.0. The molecule has 0 saturated carbocycles. The first kappa shape index (κ1) is 17.3. The Hall–Kier alpha value is -3.08. The van der Waals surface area contributed by atoms with Gasteiger partial charge in [-0.05, 0) is 12.1 Å². The van der Waals surface area contributed by atoms with Gasteiger partial charge in [-0.2, -0.15) is 0 Å². The molecule has 0 fully saturated rings. The molecule has 1 heterocycles. The highest BCUT2D eigenvalue weighted by atomic mass is 32.2. The highest BCUT2D eigenvalue weighted by Gasteiger charge is 2.26. The largest absolute Gasteiger partial charge is 0.334 e. The van der Waals surface area contributed by atoms with Crippen molar-refractivity contribution in [2.24, 2.45) is 0 Å². The van der Waals surface area contributed by atoms with E-state index in [9.17, 15) is 32.9 Å². The minimum atomic E-state index is -3.84. The van der Waals surface area contributed by atoms with Crippen molar-refractivity contribution < 1.29 is 27.7 Å². The van der Waals surface area contributed by atoms with Gasteiger partial charge in [0.1, 0.15) is 11.6 Å². The Labute approximate surface area is 135 Å². The standard InChI is InChI=1S/C13H11N3O7S/c1-24(22,23)10-3-2-8(6-9(10)16(20)21)13(19)14-7-15-11(17)4-5-12(15)18/h2-6H,7H2,1H3,(H,14,19). The normalized spacial score (nSPS) is 14.1. The van der Waals surface area contributed by atoms with Crippen LogP contribution in [-0.4, -0.2) is 48.9 Å². The Morgan fingerprint density at radius 2 is 1.83 bits per heavy atom. The highest BCUT2D eigenvalue weighted by Crippen LogP contribution is 2.24. The summed E-state index contributed by atoms with van der Waals surface area (Å²) in [5.74, 6) is -2.00. The zero-order chi connectivity index (χ0) is 18.1. The van der Waals surface area contributed by atoms with Gasteiger partial charge in [-0.3, -0.25) is 29.4 Å². The van der Waals surface area contributed by atoms with Gasteiger partial charge in [-0.25, -0.2) is 8.42 Å². The molecule has 1 N–H and O–H groups in total. The third-order valence-corrected chi connectivity index (χ3v) is 4.26. The predicted octanol–water partition coefficient (Wildman–Crippen LogP) is -0.389. The summed E-state index contributed by atoms with van der Waals surface area (Å²) >= 11 is 0.